The molecule has 0 aromatic carbocycles. The fraction of sp³-hybridized carbons (Fsp3) is 0.754. The Kier molecular flexibility index (Phi) is 52.8. The Morgan fingerprint density at radius 1 is 0.313 bits per heavy atom. The molecule has 1 unspecified atom stereocenters. The highest BCUT2D eigenvalue weighted by Crippen LogP contribution is 2.16. The molecular formula is C61H106O6. The summed E-state index contributed by atoms with van der Waals surface area (Å²) in [7, 11) is 0. The molecule has 0 aliphatic rings. The molecule has 0 spiro atoms. The third-order valence-corrected chi connectivity index (χ3v) is 12.2. The maximum atomic E-state index is 12.8. The molecule has 0 rings (SSSR count). The van der Waals surface area contributed by atoms with E-state index in [0.29, 0.717) is 19.3 Å². The predicted octanol–water partition coefficient (Wildman–Crippen LogP) is 19.0. The van der Waals surface area contributed by atoms with Crippen molar-refractivity contribution in [1.29, 1.82) is 0 Å². The van der Waals surface area contributed by atoms with Crippen LogP contribution in [0.5, 0.6) is 0 Å². The van der Waals surface area contributed by atoms with Gasteiger partial charge in [-0.3, -0.25) is 14.4 Å². The minimum absolute atomic E-state index is 0.0886. The van der Waals surface area contributed by atoms with E-state index in [1.54, 1.807) is 0 Å². The molecule has 0 aromatic heterocycles. The summed E-state index contributed by atoms with van der Waals surface area (Å²) in [5.41, 5.74) is 0. The molecule has 0 amide bonds. The van der Waals surface area contributed by atoms with Crippen molar-refractivity contribution in [3.63, 3.8) is 0 Å². The van der Waals surface area contributed by atoms with E-state index in [1.165, 1.54) is 135 Å². The van der Waals surface area contributed by atoms with E-state index in [2.05, 4.69) is 93.7 Å². The van der Waals surface area contributed by atoms with E-state index in [1.807, 2.05) is 0 Å². The van der Waals surface area contributed by atoms with Gasteiger partial charge in [-0.25, -0.2) is 0 Å². The first-order valence-corrected chi connectivity index (χ1v) is 28.4. The lowest BCUT2D eigenvalue weighted by atomic mass is 10.0. The molecule has 0 radical (unpaired) electrons. The van der Waals surface area contributed by atoms with Crippen molar-refractivity contribution in [1.82, 2.24) is 0 Å². The van der Waals surface area contributed by atoms with Gasteiger partial charge in [0.25, 0.3) is 0 Å². The first-order chi connectivity index (χ1) is 33.0. The number of carbonyl (C=O) groups excluding carboxylic acids is 3. The molecule has 0 fully saturated rings. The molecule has 1 atom stereocenters. The first-order valence-electron chi connectivity index (χ1n) is 28.4. The fourth-order valence-electron chi connectivity index (χ4n) is 7.92. The molecule has 0 aromatic rings. The first kappa shape index (κ1) is 63.8. The number of rotatable bonds is 51. The molecule has 386 valence electrons. The Hall–Kier alpha value is -3.15. The topological polar surface area (TPSA) is 78.9 Å². The van der Waals surface area contributed by atoms with Crippen LogP contribution in [-0.2, 0) is 28.6 Å². The van der Waals surface area contributed by atoms with Gasteiger partial charge in [0.1, 0.15) is 13.2 Å². The van der Waals surface area contributed by atoms with Gasteiger partial charge in [-0.15, -0.1) is 0 Å². The van der Waals surface area contributed by atoms with Crippen LogP contribution < -0.4 is 0 Å². The number of carbonyl (C=O) groups is 3. The Morgan fingerprint density at radius 2 is 0.597 bits per heavy atom. The second-order valence-corrected chi connectivity index (χ2v) is 18.8. The van der Waals surface area contributed by atoms with E-state index < -0.39 is 6.10 Å². The van der Waals surface area contributed by atoms with Crippen LogP contribution in [0.25, 0.3) is 0 Å². The normalized spacial score (nSPS) is 12.6. The quantitative estimate of drug-likeness (QED) is 0.0262. The summed E-state index contributed by atoms with van der Waals surface area (Å²) >= 11 is 0. The predicted molar refractivity (Wildman–Crippen MR) is 288 cm³/mol. The van der Waals surface area contributed by atoms with Gasteiger partial charge in [-0.1, -0.05) is 248 Å². The molecular weight excluding hydrogens is 829 g/mol. The smallest absolute Gasteiger partial charge is 0.306 e. The lowest BCUT2D eigenvalue weighted by Gasteiger charge is -2.18. The van der Waals surface area contributed by atoms with Crippen molar-refractivity contribution < 1.29 is 28.6 Å². The standard InChI is InChI=1S/C61H106O6/c1-4-7-10-13-16-19-22-24-26-28-30-32-34-36-39-42-45-48-51-54-60(63)66-57-58(56-65-59(62)53-50-47-44-41-38-21-18-15-12-9-6-3)67-61(64)55-52-49-46-43-40-37-35-33-31-29-27-25-23-20-17-14-11-8-5-2/h7,10,15-16,18-19,24,26,30,32,36,39,58H,4-6,8-9,11-14,17,20-23,25,27-29,31,33-35,37-38,40-57H2,1-3H3/b10-7-,18-15-,19-16-,26-24-,32-30-,39-36-. The van der Waals surface area contributed by atoms with Gasteiger partial charge in [0, 0.05) is 19.3 Å². The third-order valence-electron chi connectivity index (χ3n) is 12.2. The van der Waals surface area contributed by atoms with Crippen molar-refractivity contribution >= 4 is 17.9 Å². The van der Waals surface area contributed by atoms with E-state index in [0.717, 1.165) is 103 Å². The van der Waals surface area contributed by atoms with E-state index in [-0.39, 0.29) is 31.1 Å². The number of allylic oxidation sites excluding steroid dienone is 12. The lowest BCUT2D eigenvalue weighted by Crippen LogP contribution is -2.30. The van der Waals surface area contributed by atoms with Crippen LogP contribution in [-0.4, -0.2) is 37.2 Å². The number of hydrogen-bond acceptors (Lipinski definition) is 6. The largest absolute Gasteiger partial charge is 0.462 e. The summed E-state index contributed by atoms with van der Waals surface area (Å²) in [6.07, 6.45) is 70.4. The number of ether oxygens (including phenoxy) is 3. The van der Waals surface area contributed by atoms with Crippen molar-refractivity contribution in [3.05, 3.63) is 72.9 Å². The zero-order chi connectivity index (χ0) is 48.6. The highest BCUT2D eigenvalue weighted by molar-refractivity contribution is 5.71. The Morgan fingerprint density at radius 3 is 0.985 bits per heavy atom. The highest BCUT2D eigenvalue weighted by Gasteiger charge is 2.19. The molecule has 0 bridgehead atoms. The summed E-state index contributed by atoms with van der Waals surface area (Å²) in [5, 5.41) is 0. The fourth-order valence-corrected chi connectivity index (χ4v) is 7.92. The van der Waals surface area contributed by atoms with Crippen LogP contribution in [0.15, 0.2) is 72.9 Å². The Labute approximate surface area is 414 Å². The molecule has 0 N–H and O–H groups in total. The summed E-state index contributed by atoms with van der Waals surface area (Å²) in [6.45, 7) is 6.47. The zero-order valence-corrected chi connectivity index (χ0v) is 44.2. The van der Waals surface area contributed by atoms with E-state index >= 15 is 0 Å². The van der Waals surface area contributed by atoms with Crippen molar-refractivity contribution in [2.45, 2.75) is 284 Å². The van der Waals surface area contributed by atoms with Gasteiger partial charge < -0.3 is 14.2 Å². The van der Waals surface area contributed by atoms with Gasteiger partial charge in [0.15, 0.2) is 6.10 Å². The van der Waals surface area contributed by atoms with Gasteiger partial charge in [-0.2, -0.15) is 0 Å². The SMILES string of the molecule is CC/C=C\C/C=C\C/C=C\C/C=C\C/C=C\CCCCCC(=O)OCC(COC(=O)CCCCCCC/C=C\CCCC)OC(=O)CCCCCCCCCCCCCCCCCCCCC. The molecule has 0 aliphatic heterocycles. The van der Waals surface area contributed by atoms with Crippen LogP contribution in [0.2, 0.25) is 0 Å². The van der Waals surface area contributed by atoms with Gasteiger partial charge >= 0.3 is 17.9 Å². The summed E-state index contributed by atoms with van der Waals surface area (Å²) in [6, 6.07) is 0. The van der Waals surface area contributed by atoms with Gasteiger partial charge in [0.2, 0.25) is 0 Å². The van der Waals surface area contributed by atoms with Crippen molar-refractivity contribution in [2.24, 2.45) is 0 Å². The van der Waals surface area contributed by atoms with Crippen molar-refractivity contribution in [3.8, 4) is 0 Å². The van der Waals surface area contributed by atoms with Crippen LogP contribution in [0, 0.1) is 0 Å². The number of esters is 3. The summed E-state index contributed by atoms with van der Waals surface area (Å²) < 4.78 is 16.8. The number of hydrogen-bond donors (Lipinski definition) is 0. The van der Waals surface area contributed by atoms with Crippen LogP contribution >= 0.6 is 0 Å². The van der Waals surface area contributed by atoms with Gasteiger partial charge in [0.05, 0.1) is 0 Å². The maximum absolute atomic E-state index is 12.8. The highest BCUT2D eigenvalue weighted by atomic mass is 16.6. The minimum Gasteiger partial charge on any atom is -0.462 e. The van der Waals surface area contributed by atoms with Crippen molar-refractivity contribution in [2.75, 3.05) is 13.2 Å². The lowest BCUT2D eigenvalue weighted by molar-refractivity contribution is -0.167. The second-order valence-electron chi connectivity index (χ2n) is 18.8. The molecule has 0 heterocycles. The summed E-state index contributed by atoms with van der Waals surface area (Å²) in [4.78, 5) is 38.1. The van der Waals surface area contributed by atoms with E-state index in [9.17, 15) is 14.4 Å². The number of unbranched alkanes of at least 4 members (excludes halogenated alkanes) is 28. The Bertz CT molecular complexity index is 1260. The maximum Gasteiger partial charge on any atom is 0.306 e. The summed E-state index contributed by atoms with van der Waals surface area (Å²) in [5.74, 6) is -0.922. The third kappa shape index (κ3) is 53.7. The average Bonchev–Trinajstić information content (AvgIpc) is 3.33. The Balaban J connectivity index is 4.38. The molecule has 0 saturated carbocycles. The molecule has 0 aliphatic carbocycles. The van der Waals surface area contributed by atoms with Crippen LogP contribution in [0.1, 0.15) is 278 Å². The monoisotopic (exact) mass is 935 g/mol. The zero-order valence-electron chi connectivity index (χ0n) is 44.2. The van der Waals surface area contributed by atoms with Gasteiger partial charge in [-0.05, 0) is 83.5 Å². The van der Waals surface area contributed by atoms with E-state index in [4.69, 9.17) is 14.2 Å². The molecule has 0 saturated heterocycles. The molecule has 6 nitrogen and oxygen atoms in total. The molecule has 6 heteroatoms. The van der Waals surface area contributed by atoms with Crippen LogP contribution in [0.3, 0.4) is 0 Å². The van der Waals surface area contributed by atoms with Crippen LogP contribution in [0.4, 0.5) is 0 Å². The second kappa shape index (κ2) is 55.4. The molecule has 67 heavy (non-hydrogen) atoms. The minimum atomic E-state index is -0.790. The average molecular weight is 936 g/mol.